The molecule has 0 spiro atoms. The van der Waals surface area contributed by atoms with Crippen molar-refractivity contribution in [3.63, 3.8) is 0 Å². The molecule has 1 atom stereocenters. The first-order chi connectivity index (χ1) is 11.1. The lowest BCUT2D eigenvalue weighted by atomic mass is 10.0. The summed E-state index contributed by atoms with van der Waals surface area (Å²) in [4.78, 5) is 22.2. The van der Waals surface area contributed by atoms with E-state index in [-0.39, 0.29) is 12.5 Å². The molecular weight excluding hydrogens is 294 g/mol. The minimum absolute atomic E-state index is 0.0200. The molecule has 0 aromatic carbocycles. The molecule has 3 rings (SSSR count). The van der Waals surface area contributed by atoms with Crippen LogP contribution in [0.5, 0.6) is 0 Å². The third-order valence-corrected chi connectivity index (χ3v) is 4.32. The Morgan fingerprint density at radius 2 is 2.26 bits per heavy atom. The van der Waals surface area contributed by atoms with Crippen LogP contribution in [0.25, 0.3) is 11.3 Å². The number of rotatable bonds is 4. The van der Waals surface area contributed by atoms with E-state index < -0.39 is 0 Å². The van der Waals surface area contributed by atoms with E-state index >= 15 is 0 Å². The Kier molecular flexibility index (Phi) is 4.38. The summed E-state index contributed by atoms with van der Waals surface area (Å²) < 4.78 is 5.21. The Bertz CT molecular complexity index is 693. The average Bonchev–Trinajstić information content (AvgIpc) is 3.14. The van der Waals surface area contributed by atoms with Gasteiger partial charge in [0, 0.05) is 18.8 Å². The minimum Gasteiger partial charge on any atom is -0.361 e. The number of carbonyl (C=O) groups is 1. The van der Waals surface area contributed by atoms with E-state index in [2.05, 4.69) is 15.1 Å². The summed E-state index contributed by atoms with van der Waals surface area (Å²) in [5.41, 5.74) is 8.99. The van der Waals surface area contributed by atoms with Gasteiger partial charge in [0.2, 0.25) is 5.91 Å². The summed E-state index contributed by atoms with van der Waals surface area (Å²) in [5, 5.41) is 3.97. The molecule has 23 heavy (non-hydrogen) atoms. The molecule has 1 amide bonds. The molecule has 0 unspecified atom stereocenters. The zero-order chi connectivity index (χ0) is 16.4. The molecule has 0 saturated carbocycles. The molecule has 7 heteroatoms. The van der Waals surface area contributed by atoms with Crippen molar-refractivity contribution in [2.75, 3.05) is 19.6 Å². The normalized spacial score (nSPS) is 17.7. The first-order valence-electron chi connectivity index (χ1n) is 7.80. The Balaban J connectivity index is 1.73. The third-order valence-electron chi connectivity index (χ3n) is 4.32. The zero-order valence-electron chi connectivity index (χ0n) is 13.5. The van der Waals surface area contributed by atoms with E-state index in [1.165, 1.54) is 0 Å². The van der Waals surface area contributed by atoms with Gasteiger partial charge in [0.05, 0.1) is 23.5 Å². The maximum atomic E-state index is 11.7. The molecule has 0 aliphatic carbocycles. The summed E-state index contributed by atoms with van der Waals surface area (Å²) in [5.74, 6) is 1.19. The molecule has 1 saturated heterocycles. The van der Waals surface area contributed by atoms with E-state index in [1.807, 2.05) is 24.8 Å². The molecular formula is C16H21N5O2. The summed E-state index contributed by atoms with van der Waals surface area (Å²) in [7, 11) is 0. The highest BCUT2D eigenvalue weighted by Crippen LogP contribution is 2.26. The largest absolute Gasteiger partial charge is 0.361 e. The van der Waals surface area contributed by atoms with Crippen LogP contribution < -0.4 is 5.73 Å². The molecule has 2 N–H and O–H groups in total. The fourth-order valence-electron chi connectivity index (χ4n) is 3.15. The number of aromatic nitrogens is 3. The Morgan fingerprint density at radius 1 is 1.43 bits per heavy atom. The number of carbonyl (C=O) groups excluding carboxylic acids is 1. The molecule has 3 heterocycles. The van der Waals surface area contributed by atoms with Crippen LogP contribution in [-0.2, 0) is 11.2 Å². The Labute approximate surface area is 134 Å². The maximum absolute atomic E-state index is 11.7. The zero-order valence-corrected chi connectivity index (χ0v) is 13.5. The van der Waals surface area contributed by atoms with Crippen molar-refractivity contribution < 1.29 is 9.32 Å². The molecule has 0 radical (unpaired) electrons. The van der Waals surface area contributed by atoms with Gasteiger partial charge < -0.3 is 15.2 Å². The fraction of sp³-hybridized carbons (Fsp3) is 0.500. The predicted octanol–water partition coefficient (Wildman–Crippen LogP) is 1.10. The Morgan fingerprint density at radius 3 is 2.96 bits per heavy atom. The van der Waals surface area contributed by atoms with Crippen molar-refractivity contribution in [3.8, 4) is 11.3 Å². The molecule has 1 aliphatic rings. The van der Waals surface area contributed by atoms with E-state index in [4.69, 9.17) is 10.3 Å². The van der Waals surface area contributed by atoms with Gasteiger partial charge in [-0.3, -0.25) is 4.79 Å². The van der Waals surface area contributed by atoms with Gasteiger partial charge in [0.25, 0.3) is 0 Å². The lowest BCUT2D eigenvalue weighted by Gasteiger charge is -2.15. The second-order valence-electron chi connectivity index (χ2n) is 6.00. The van der Waals surface area contributed by atoms with Crippen LogP contribution >= 0.6 is 0 Å². The first kappa shape index (κ1) is 15.6. The molecule has 2 aromatic heterocycles. The fourth-order valence-corrected chi connectivity index (χ4v) is 3.15. The lowest BCUT2D eigenvalue weighted by Crippen LogP contribution is -2.34. The van der Waals surface area contributed by atoms with E-state index in [0.717, 1.165) is 54.3 Å². The predicted molar refractivity (Wildman–Crippen MR) is 84.4 cm³/mol. The van der Waals surface area contributed by atoms with Crippen molar-refractivity contribution >= 4 is 5.91 Å². The highest BCUT2D eigenvalue weighted by atomic mass is 16.5. The highest BCUT2D eigenvalue weighted by molar-refractivity contribution is 5.78. The van der Waals surface area contributed by atoms with Crippen LogP contribution in [0.15, 0.2) is 16.9 Å². The van der Waals surface area contributed by atoms with Crippen LogP contribution in [0.4, 0.5) is 0 Å². The number of amides is 1. The van der Waals surface area contributed by atoms with Crippen molar-refractivity contribution in [1.29, 1.82) is 0 Å². The number of nitrogens with two attached hydrogens (primary N) is 1. The standard InChI is InChI=1S/C16H21N5O2/c1-10-16(11(2)23-20-10)14-6-13(18-9-19-14)5-12-3-4-21(8-12)15(22)7-17/h6,9,12H,3-5,7-8,17H2,1-2H3/t12-/m1/s1. The van der Waals surface area contributed by atoms with Gasteiger partial charge in [-0.2, -0.15) is 0 Å². The highest BCUT2D eigenvalue weighted by Gasteiger charge is 2.26. The van der Waals surface area contributed by atoms with Crippen LogP contribution in [0.1, 0.15) is 23.6 Å². The van der Waals surface area contributed by atoms with Gasteiger partial charge in [0.1, 0.15) is 12.1 Å². The Hall–Kier alpha value is -2.28. The number of hydrogen-bond donors (Lipinski definition) is 1. The van der Waals surface area contributed by atoms with Gasteiger partial charge in [-0.05, 0) is 38.7 Å². The number of nitrogens with zero attached hydrogens (tertiary/aromatic N) is 4. The minimum atomic E-state index is 0.0200. The third kappa shape index (κ3) is 3.24. The molecule has 0 bridgehead atoms. The number of likely N-dealkylation sites (tertiary alicyclic amines) is 1. The van der Waals surface area contributed by atoms with Crippen LogP contribution in [0.3, 0.4) is 0 Å². The van der Waals surface area contributed by atoms with Gasteiger partial charge in [-0.25, -0.2) is 9.97 Å². The van der Waals surface area contributed by atoms with E-state index in [0.29, 0.717) is 5.92 Å². The summed E-state index contributed by atoms with van der Waals surface area (Å²) in [6.07, 6.45) is 3.39. The van der Waals surface area contributed by atoms with E-state index in [9.17, 15) is 4.79 Å². The van der Waals surface area contributed by atoms with Crippen molar-refractivity contribution in [3.05, 3.63) is 29.5 Å². The number of hydrogen-bond acceptors (Lipinski definition) is 6. The second kappa shape index (κ2) is 6.45. The molecule has 1 fully saturated rings. The smallest absolute Gasteiger partial charge is 0.236 e. The quantitative estimate of drug-likeness (QED) is 0.907. The second-order valence-corrected chi connectivity index (χ2v) is 6.00. The molecule has 2 aromatic rings. The van der Waals surface area contributed by atoms with Gasteiger partial charge in [-0.15, -0.1) is 0 Å². The summed E-state index contributed by atoms with van der Waals surface area (Å²) in [6, 6.07) is 1.99. The molecule has 122 valence electrons. The van der Waals surface area contributed by atoms with Crippen molar-refractivity contribution in [2.24, 2.45) is 11.7 Å². The SMILES string of the molecule is Cc1noc(C)c1-c1cc(C[C@H]2CCN(C(=O)CN)C2)ncn1. The molecule has 1 aliphatic heterocycles. The average molecular weight is 315 g/mol. The monoisotopic (exact) mass is 315 g/mol. The van der Waals surface area contributed by atoms with Crippen LogP contribution in [0, 0.1) is 19.8 Å². The number of aryl methyl sites for hydroxylation is 2. The van der Waals surface area contributed by atoms with Gasteiger partial charge >= 0.3 is 0 Å². The maximum Gasteiger partial charge on any atom is 0.236 e. The topological polar surface area (TPSA) is 98.1 Å². The van der Waals surface area contributed by atoms with Gasteiger partial charge in [-0.1, -0.05) is 5.16 Å². The van der Waals surface area contributed by atoms with E-state index in [1.54, 1.807) is 6.33 Å². The summed E-state index contributed by atoms with van der Waals surface area (Å²) >= 11 is 0. The van der Waals surface area contributed by atoms with Gasteiger partial charge in [0.15, 0.2) is 0 Å². The molecule has 7 nitrogen and oxygen atoms in total. The van der Waals surface area contributed by atoms with Crippen molar-refractivity contribution in [2.45, 2.75) is 26.7 Å². The lowest BCUT2D eigenvalue weighted by molar-refractivity contribution is -0.128. The first-order valence-corrected chi connectivity index (χ1v) is 7.80. The van der Waals surface area contributed by atoms with Crippen LogP contribution in [-0.4, -0.2) is 45.6 Å². The van der Waals surface area contributed by atoms with Crippen LogP contribution in [0.2, 0.25) is 0 Å². The van der Waals surface area contributed by atoms with Crippen molar-refractivity contribution in [1.82, 2.24) is 20.0 Å². The summed E-state index contributed by atoms with van der Waals surface area (Å²) in [6.45, 7) is 5.39.